The molecule has 1 aromatic heterocycles. The number of esters is 1. The van der Waals surface area contributed by atoms with Crippen LogP contribution >= 0.6 is 0 Å². The number of aryl methyl sites for hydroxylation is 1. The van der Waals surface area contributed by atoms with Crippen LogP contribution < -0.4 is 4.90 Å². The number of benzene rings is 1. The van der Waals surface area contributed by atoms with E-state index in [1.807, 2.05) is 32.0 Å². The lowest BCUT2D eigenvalue weighted by molar-refractivity contribution is 0.0594. The van der Waals surface area contributed by atoms with Crippen LogP contribution in [0.15, 0.2) is 41.4 Å². The molecule has 26 heavy (non-hydrogen) atoms. The molecule has 140 valence electrons. The van der Waals surface area contributed by atoms with Gasteiger partial charge in [-0.1, -0.05) is 12.1 Å². The smallest absolute Gasteiger partial charge is 0.354 e. The van der Waals surface area contributed by atoms with Crippen molar-refractivity contribution in [2.75, 3.05) is 31.6 Å². The second kappa shape index (κ2) is 7.13. The predicted molar refractivity (Wildman–Crippen MR) is 98.9 cm³/mol. The van der Waals surface area contributed by atoms with Crippen LogP contribution in [0.1, 0.15) is 23.0 Å². The Kier molecular flexibility index (Phi) is 5.06. The molecule has 1 atom stereocenters. The van der Waals surface area contributed by atoms with Crippen molar-refractivity contribution in [3.63, 3.8) is 0 Å². The van der Waals surface area contributed by atoms with Gasteiger partial charge in [-0.3, -0.25) is 0 Å². The lowest BCUT2D eigenvalue weighted by atomic mass is 10.1. The van der Waals surface area contributed by atoms with Crippen LogP contribution in [0.3, 0.4) is 0 Å². The van der Waals surface area contributed by atoms with Gasteiger partial charge in [0, 0.05) is 37.6 Å². The van der Waals surface area contributed by atoms with Crippen LogP contribution in [0.5, 0.6) is 0 Å². The average molecular weight is 377 g/mol. The highest BCUT2D eigenvalue weighted by Gasteiger charge is 2.33. The van der Waals surface area contributed by atoms with E-state index in [4.69, 9.17) is 0 Å². The van der Waals surface area contributed by atoms with Gasteiger partial charge in [0.05, 0.1) is 7.11 Å². The number of carbonyl (C=O) groups excluding carboxylic acids is 1. The highest BCUT2D eigenvalue weighted by atomic mass is 32.2. The first-order chi connectivity index (χ1) is 12.3. The fourth-order valence-electron chi connectivity index (χ4n) is 3.23. The number of rotatable bonds is 4. The highest BCUT2D eigenvalue weighted by Crippen LogP contribution is 2.25. The van der Waals surface area contributed by atoms with Crippen LogP contribution in [0.25, 0.3) is 0 Å². The van der Waals surface area contributed by atoms with Crippen molar-refractivity contribution in [1.82, 2.24) is 9.29 Å². The van der Waals surface area contributed by atoms with E-state index in [-0.39, 0.29) is 16.6 Å². The number of hydrogen-bond acceptors (Lipinski definition) is 5. The number of nitrogens with zero attached hydrogens (tertiary/aromatic N) is 2. The molecule has 7 nitrogen and oxygen atoms in total. The van der Waals surface area contributed by atoms with Gasteiger partial charge in [0.25, 0.3) is 0 Å². The summed E-state index contributed by atoms with van der Waals surface area (Å²) >= 11 is 0. The first-order valence-corrected chi connectivity index (χ1v) is 9.87. The third-order valence-electron chi connectivity index (χ3n) is 4.62. The van der Waals surface area contributed by atoms with Gasteiger partial charge < -0.3 is 14.6 Å². The zero-order chi connectivity index (χ0) is 18.9. The van der Waals surface area contributed by atoms with E-state index >= 15 is 0 Å². The van der Waals surface area contributed by atoms with Gasteiger partial charge in [0.15, 0.2) is 0 Å². The normalized spacial score (nSPS) is 18.7. The molecule has 0 saturated carbocycles. The quantitative estimate of drug-likeness (QED) is 0.824. The van der Waals surface area contributed by atoms with Crippen molar-refractivity contribution < 1.29 is 17.9 Å². The Hall–Kier alpha value is -2.32. The molecule has 2 heterocycles. The molecule has 0 bridgehead atoms. The highest BCUT2D eigenvalue weighted by molar-refractivity contribution is 7.89. The average Bonchev–Trinajstić information content (AvgIpc) is 3.12. The molecule has 3 rings (SSSR count). The van der Waals surface area contributed by atoms with Crippen molar-refractivity contribution in [2.24, 2.45) is 0 Å². The number of anilines is 1. The number of hydrogen-bond donors (Lipinski definition) is 1. The standard InChI is InChI=1S/C18H23N3O4S/c1-13-5-4-6-15(9-13)21-8-7-20(12-14(21)2)26(23,24)16-10-17(19-11-16)18(22)25-3/h4-6,9-11,14,19H,7-8,12H2,1-3H3/t14-/m1/s1. The van der Waals surface area contributed by atoms with Gasteiger partial charge in [0.1, 0.15) is 10.6 Å². The first kappa shape index (κ1) is 18.5. The molecular weight excluding hydrogens is 354 g/mol. The second-order valence-electron chi connectivity index (χ2n) is 6.49. The summed E-state index contributed by atoms with van der Waals surface area (Å²) in [5.74, 6) is -0.593. The van der Waals surface area contributed by atoms with Crippen LogP contribution in [0, 0.1) is 6.92 Å². The molecule has 1 aromatic carbocycles. The summed E-state index contributed by atoms with van der Waals surface area (Å²) in [5, 5.41) is 0. The number of carbonyl (C=O) groups is 1. The van der Waals surface area contributed by atoms with Crippen LogP contribution in [0.4, 0.5) is 5.69 Å². The van der Waals surface area contributed by atoms with Crippen molar-refractivity contribution in [3.8, 4) is 0 Å². The molecule has 0 aliphatic carbocycles. The molecule has 0 unspecified atom stereocenters. The van der Waals surface area contributed by atoms with E-state index < -0.39 is 16.0 Å². The van der Waals surface area contributed by atoms with Crippen LogP contribution in [0.2, 0.25) is 0 Å². The summed E-state index contributed by atoms with van der Waals surface area (Å²) in [6.45, 7) is 5.44. The lowest BCUT2D eigenvalue weighted by Crippen LogP contribution is -2.53. The Morgan fingerprint density at radius 1 is 1.27 bits per heavy atom. The zero-order valence-corrected chi connectivity index (χ0v) is 15.9. The van der Waals surface area contributed by atoms with Crippen molar-refractivity contribution in [3.05, 3.63) is 47.8 Å². The number of aromatic amines is 1. The summed E-state index contributed by atoms with van der Waals surface area (Å²) < 4.78 is 31.9. The predicted octanol–water partition coefficient (Wildman–Crippen LogP) is 2.01. The molecule has 1 aliphatic heterocycles. The van der Waals surface area contributed by atoms with E-state index in [2.05, 4.69) is 20.7 Å². The first-order valence-electron chi connectivity index (χ1n) is 8.43. The minimum Gasteiger partial charge on any atom is -0.464 e. The Bertz CT molecular complexity index is 907. The SMILES string of the molecule is COC(=O)c1cc(S(=O)(=O)N2CCN(c3cccc(C)c3)[C@H](C)C2)c[nH]1. The van der Waals surface area contributed by atoms with E-state index in [1.165, 1.54) is 29.2 Å². The summed E-state index contributed by atoms with van der Waals surface area (Å²) in [5.41, 5.74) is 2.40. The number of aromatic nitrogens is 1. The van der Waals surface area contributed by atoms with Crippen LogP contribution in [-0.4, -0.2) is 56.5 Å². The molecule has 1 N–H and O–H groups in total. The summed E-state index contributed by atoms with van der Waals surface area (Å²) in [6, 6.07) is 9.56. The number of H-pyrrole nitrogens is 1. The Morgan fingerprint density at radius 3 is 2.69 bits per heavy atom. The van der Waals surface area contributed by atoms with Gasteiger partial charge in [-0.05, 0) is 37.6 Å². The fraction of sp³-hybridized carbons (Fsp3) is 0.389. The fourth-order valence-corrected chi connectivity index (χ4v) is 4.74. The maximum atomic E-state index is 12.9. The summed E-state index contributed by atoms with van der Waals surface area (Å²) in [4.78, 5) is 16.5. The topological polar surface area (TPSA) is 82.7 Å². The number of methoxy groups -OCH3 is 1. The van der Waals surface area contributed by atoms with E-state index in [0.717, 1.165) is 5.69 Å². The monoisotopic (exact) mass is 377 g/mol. The third kappa shape index (κ3) is 3.47. The van der Waals surface area contributed by atoms with E-state index in [9.17, 15) is 13.2 Å². The Balaban J connectivity index is 1.77. The summed E-state index contributed by atoms with van der Waals surface area (Å²) in [6.07, 6.45) is 1.33. The molecule has 2 aromatic rings. The molecule has 1 aliphatic rings. The maximum Gasteiger partial charge on any atom is 0.354 e. The van der Waals surface area contributed by atoms with Gasteiger partial charge in [-0.15, -0.1) is 0 Å². The molecule has 1 saturated heterocycles. The second-order valence-corrected chi connectivity index (χ2v) is 8.42. The van der Waals surface area contributed by atoms with Crippen molar-refractivity contribution in [2.45, 2.75) is 24.8 Å². The molecule has 1 fully saturated rings. The minimum atomic E-state index is -3.66. The van der Waals surface area contributed by atoms with Crippen molar-refractivity contribution >= 4 is 21.7 Å². The number of piperazine rings is 1. The summed E-state index contributed by atoms with van der Waals surface area (Å²) in [7, 11) is -2.41. The third-order valence-corrected chi connectivity index (χ3v) is 6.47. The Morgan fingerprint density at radius 2 is 2.04 bits per heavy atom. The Labute approximate surface area is 153 Å². The number of nitrogens with one attached hydrogen (secondary N) is 1. The minimum absolute atomic E-state index is 0.0411. The molecular formula is C18H23N3O4S. The van der Waals surface area contributed by atoms with Crippen LogP contribution in [-0.2, 0) is 14.8 Å². The number of sulfonamides is 1. The zero-order valence-electron chi connectivity index (χ0n) is 15.1. The van der Waals surface area contributed by atoms with E-state index in [0.29, 0.717) is 19.6 Å². The molecule has 0 spiro atoms. The van der Waals surface area contributed by atoms with Gasteiger partial charge in [0.2, 0.25) is 10.0 Å². The maximum absolute atomic E-state index is 12.9. The largest absolute Gasteiger partial charge is 0.464 e. The van der Waals surface area contributed by atoms with Gasteiger partial charge in [-0.25, -0.2) is 13.2 Å². The van der Waals surface area contributed by atoms with E-state index in [1.54, 1.807) is 0 Å². The molecule has 8 heteroatoms. The number of ether oxygens (including phenoxy) is 1. The van der Waals surface area contributed by atoms with Gasteiger partial charge in [-0.2, -0.15) is 4.31 Å². The molecule has 0 radical (unpaired) electrons. The lowest BCUT2D eigenvalue weighted by Gasteiger charge is -2.40. The molecule has 0 amide bonds. The van der Waals surface area contributed by atoms with Crippen molar-refractivity contribution in [1.29, 1.82) is 0 Å². The van der Waals surface area contributed by atoms with Gasteiger partial charge >= 0.3 is 5.97 Å².